The van der Waals surface area contributed by atoms with Crippen LogP contribution in [0.25, 0.3) is 11.3 Å². The minimum Gasteiger partial charge on any atom is -0.255 e. The van der Waals surface area contributed by atoms with Gasteiger partial charge in [0.15, 0.2) is 0 Å². The summed E-state index contributed by atoms with van der Waals surface area (Å²) in [5.74, 6) is -1.20. The van der Waals surface area contributed by atoms with Crippen molar-refractivity contribution in [1.29, 1.82) is 0 Å². The van der Waals surface area contributed by atoms with Crippen LogP contribution in [-0.4, -0.2) is 4.98 Å². The van der Waals surface area contributed by atoms with Gasteiger partial charge in [-0.15, -0.1) is 0 Å². The van der Waals surface area contributed by atoms with Crippen LogP contribution in [0.2, 0.25) is 0 Å². The number of hydrogen-bond acceptors (Lipinski definition) is 1. The molecule has 76 valence electrons. The second-order valence-corrected chi connectivity index (χ2v) is 3.90. The third kappa shape index (κ3) is 2.21. The minimum absolute atomic E-state index is 0.295. The summed E-state index contributed by atoms with van der Waals surface area (Å²) in [6.45, 7) is 0. The molecule has 2 rings (SSSR count). The van der Waals surface area contributed by atoms with Crippen LogP contribution in [0.5, 0.6) is 0 Å². The zero-order chi connectivity index (χ0) is 10.8. The van der Waals surface area contributed by atoms with Gasteiger partial charge >= 0.3 is 0 Å². The first-order chi connectivity index (χ1) is 7.16. The van der Waals surface area contributed by atoms with Crippen LogP contribution in [0.4, 0.5) is 8.78 Å². The van der Waals surface area contributed by atoms with Gasteiger partial charge in [0.05, 0.1) is 5.69 Å². The van der Waals surface area contributed by atoms with Gasteiger partial charge in [-0.25, -0.2) is 8.78 Å². The molecule has 0 N–H and O–H groups in total. The summed E-state index contributed by atoms with van der Waals surface area (Å²) in [5.41, 5.74) is 0.777. The normalized spacial score (nSPS) is 10.3. The van der Waals surface area contributed by atoms with Crippen LogP contribution in [0, 0.1) is 11.6 Å². The highest BCUT2D eigenvalue weighted by atomic mass is 79.9. The van der Waals surface area contributed by atoms with Crippen molar-refractivity contribution >= 4 is 15.9 Å². The third-order valence-corrected chi connectivity index (χ3v) is 2.40. The largest absolute Gasteiger partial charge is 0.255 e. The van der Waals surface area contributed by atoms with E-state index in [1.165, 1.54) is 12.1 Å². The predicted octanol–water partition coefficient (Wildman–Crippen LogP) is 3.79. The van der Waals surface area contributed by atoms with Crippen LogP contribution in [0.3, 0.4) is 0 Å². The molecule has 0 spiro atoms. The van der Waals surface area contributed by atoms with Crippen LogP contribution in [0.1, 0.15) is 0 Å². The van der Waals surface area contributed by atoms with Crippen molar-refractivity contribution in [1.82, 2.24) is 4.98 Å². The lowest BCUT2D eigenvalue weighted by molar-refractivity contribution is 0.585. The molecule has 0 aliphatic rings. The topological polar surface area (TPSA) is 12.9 Å². The number of pyridine rings is 1. The number of halogens is 3. The molecule has 1 aromatic heterocycles. The molecule has 15 heavy (non-hydrogen) atoms. The predicted molar refractivity (Wildman–Crippen MR) is 57.3 cm³/mol. The average molecular weight is 270 g/mol. The van der Waals surface area contributed by atoms with Gasteiger partial charge < -0.3 is 0 Å². The summed E-state index contributed by atoms with van der Waals surface area (Å²) in [6, 6.07) is 6.85. The molecule has 0 amide bonds. The Bertz CT molecular complexity index is 482. The molecule has 1 heterocycles. The molecule has 0 atom stereocenters. The molecule has 0 unspecified atom stereocenters. The van der Waals surface area contributed by atoms with Crippen LogP contribution in [0.15, 0.2) is 41.0 Å². The lowest BCUT2D eigenvalue weighted by Gasteiger charge is -2.02. The first-order valence-corrected chi connectivity index (χ1v) is 5.03. The quantitative estimate of drug-likeness (QED) is 0.768. The highest BCUT2D eigenvalue weighted by Crippen LogP contribution is 2.22. The van der Waals surface area contributed by atoms with Crippen LogP contribution in [-0.2, 0) is 0 Å². The highest BCUT2D eigenvalue weighted by Gasteiger charge is 2.06. The molecule has 4 heteroatoms. The summed E-state index contributed by atoms with van der Waals surface area (Å²) in [4.78, 5) is 4.03. The Balaban J connectivity index is 2.49. The Labute approximate surface area is 93.9 Å². The van der Waals surface area contributed by atoms with Crippen molar-refractivity contribution in [2.75, 3.05) is 0 Å². The Morgan fingerprint density at radius 3 is 2.47 bits per heavy atom. The minimum atomic E-state index is -0.607. The SMILES string of the molecule is Fc1ccc(-c2ccc(Br)cn2)c(F)c1. The number of benzene rings is 1. The molecule has 2 aromatic rings. The highest BCUT2D eigenvalue weighted by molar-refractivity contribution is 9.10. The maximum absolute atomic E-state index is 13.3. The van der Waals surface area contributed by atoms with Gasteiger partial charge in [-0.3, -0.25) is 4.98 Å². The molecule has 0 aliphatic carbocycles. The van der Waals surface area contributed by atoms with Gasteiger partial charge in [0, 0.05) is 22.3 Å². The van der Waals surface area contributed by atoms with E-state index in [1.807, 2.05) is 0 Å². The van der Waals surface area contributed by atoms with E-state index in [2.05, 4.69) is 20.9 Å². The van der Waals surface area contributed by atoms with Crippen LogP contribution >= 0.6 is 15.9 Å². The Morgan fingerprint density at radius 2 is 1.87 bits per heavy atom. The fourth-order valence-corrected chi connectivity index (χ4v) is 1.47. The second kappa shape index (κ2) is 4.06. The van der Waals surface area contributed by atoms with E-state index in [0.717, 1.165) is 10.5 Å². The molecule has 0 fully saturated rings. The summed E-state index contributed by atoms with van der Waals surface area (Å²) in [5, 5.41) is 0. The number of nitrogens with zero attached hydrogens (tertiary/aromatic N) is 1. The fourth-order valence-electron chi connectivity index (χ4n) is 1.23. The molecule has 0 radical (unpaired) electrons. The van der Waals surface area contributed by atoms with Gasteiger partial charge in [-0.1, -0.05) is 0 Å². The lowest BCUT2D eigenvalue weighted by Crippen LogP contribution is -1.88. The Hall–Kier alpha value is -1.29. The number of aromatic nitrogens is 1. The molecule has 0 aliphatic heterocycles. The zero-order valence-corrected chi connectivity index (χ0v) is 9.13. The van der Waals surface area contributed by atoms with E-state index in [4.69, 9.17) is 0 Å². The van der Waals surface area contributed by atoms with Crippen LogP contribution < -0.4 is 0 Å². The number of rotatable bonds is 1. The lowest BCUT2D eigenvalue weighted by atomic mass is 10.1. The van der Waals surface area contributed by atoms with E-state index in [0.29, 0.717) is 11.3 Å². The van der Waals surface area contributed by atoms with Gasteiger partial charge in [-0.2, -0.15) is 0 Å². The molecule has 0 saturated carbocycles. The Morgan fingerprint density at radius 1 is 1.07 bits per heavy atom. The summed E-state index contributed by atoms with van der Waals surface area (Å²) >= 11 is 3.23. The fraction of sp³-hybridized carbons (Fsp3) is 0. The number of hydrogen-bond donors (Lipinski definition) is 0. The average Bonchev–Trinajstić information content (AvgIpc) is 2.20. The van der Waals surface area contributed by atoms with E-state index in [-0.39, 0.29) is 0 Å². The van der Waals surface area contributed by atoms with E-state index in [9.17, 15) is 8.78 Å². The monoisotopic (exact) mass is 269 g/mol. The van der Waals surface area contributed by atoms with Gasteiger partial charge in [0.2, 0.25) is 0 Å². The molecular formula is C11H6BrF2N. The molecular weight excluding hydrogens is 264 g/mol. The summed E-state index contributed by atoms with van der Waals surface area (Å²) in [7, 11) is 0. The smallest absolute Gasteiger partial charge is 0.135 e. The van der Waals surface area contributed by atoms with Gasteiger partial charge in [-0.05, 0) is 40.2 Å². The van der Waals surface area contributed by atoms with Crippen molar-refractivity contribution < 1.29 is 8.78 Å². The van der Waals surface area contributed by atoms with E-state index < -0.39 is 11.6 Å². The zero-order valence-electron chi connectivity index (χ0n) is 7.55. The summed E-state index contributed by atoms with van der Waals surface area (Å²) < 4.78 is 26.8. The third-order valence-electron chi connectivity index (χ3n) is 1.93. The molecule has 1 aromatic carbocycles. The first-order valence-electron chi connectivity index (χ1n) is 4.24. The maximum Gasteiger partial charge on any atom is 0.135 e. The molecule has 1 nitrogen and oxygen atoms in total. The van der Waals surface area contributed by atoms with E-state index in [1.54, 1.807) is 18.3 Å². The summed E-state index contributed by atoms with van der Waals surface area (Å²) in [6.07, 6.45) is 1.57. The van der Waals surface area contributed by atoms with Crippen molar-refractivity contribution in [3.63, 3.8) is 0 Å². The van der Waals surface area contributed by atoms with Gasteiger partial charge in [0.25, 0.3) is 0 Å². The molecule has 0 saturated heterocycles. The Kier molecular flexibility index (Phi) is 2.77. The first kappa shape index (κ1) is 10.2. The van der Waals surface area contributed by atoms with E-state index >= 15 is 0 Å². The van der Waals surface area contributed by atoms with Gasteiger partial charge in [0.1, 0.15) is 11.6 Å². The maximum atomic E-state index is 13.3. The standard InChI is InChI=1S/C11H6BrF2N/c12-7-1-4-11(15-6-7)9-3-2-8(13)5-10(9)14/h1-6H. The van der Waals surface area contributed by atoms with Crippen molar-refractivity contribution in [3.05, 3.63) is 52.6 Å². The van der Waals surface area contributed by atoms with Crippen molar-refractivity contribution in [2.45, 2.75) is 0 Å². The van der Waals surface area contributed by atoms with Crippen molar-refractivity contribution in [2.24, 2.45) is 0 Å². The second-order valence-electron chi connectivity index (χ2n) is 2.99. The van der Waals surface area contributed by atoms with Crippen molar-refractivity contribution in [3.8, 4) is 11.3 Å². The molecule has 0 bridgehead atoms.